The molecule has 2 N–H and O–H groups in total. The molecule has 0 bridgehead atoms. The lowest BCUT2D eigenvalue weighted by Gasteiger charge is -2.29. The van der Waals surface area contributed by atoms with Gasteiger partial charge < -0.3 is 15.2 Å². The number of benzene rings is 2. The first-order valence-corrected chi connectivity index (χ1v) is 16.9. The molecule has 0 aromatic heterocycles. The van der Waals surface area contributed by atoms with Gasteiger partial charge in [-0.15, -0.1) is 0 Å². The van der Waals surface area contributed by atoms with Crippen LogP contribution >= 0.6 is 7.37 Å². The topological polar surface area (TPSA) is 122 Å². The predicted octanol–water partition coefficient (Wildman–Crippen LogP) is 5.18. The molecule has 2 aromatic carbocycles. The number of hydrogen-bond acceptors (Lipinski definition) is 6. The molecule has 0 aliphatic carbocycles. The summed E-state index contributed by atoms with van der Waals surface area (Å²) < 4.78 is 20.3. The number of nitrogens with one attached hydrogen (secondary N) is 2. The average Bonchev–Trinajstić information content (AvgIpc) is 3.21. The lowest BCUT2D eigenvalue weighted by molar-refractivity contribution is -0.135. The van der Waals surface area contributed by atoms with Gasteiger partial charge in [-0.3, -0.25) is 28.6 Å². The summed E-state index contributed by atoms with van der Waals surface area (Å²) in [5.74, 6) is -2.37. The largest absolute Gasteiger partial charge is 0.357 e. The number of hydrogen-bond donors (Lipinski definition) is 2. The number of nitrogens with zero attached hydrogens (tertiary/aromatic N) is 1. The number of carbonyl (C=O) groups is 4. The zero-order chi connectivity index (χ0) is 31.7. The van der Waals surface area contributed by atoms with Crippen LogP contribution in [0.1, 0.15) is 58.6 Å². The SMILES string of the molecule is CCOP(=O)(CC(CC(C)C)C(=O)N[C@@H](CC(C)C)C(=O)NC)CN1C(=O)C(c2ccccc2)=C(c2ccccc2)C1=O. The molecule has 0 saturated carbocycles. The third-order valence-electron chi connectivity index (χ3n) is 7.23. The fourth-order valence-corrected chi connectivity index (χ4v) is 7.84. The third-order valence-corrected chi connectivity index (χ3v) is 9.67. The first-order valence-electron chi connectivity index (χ1n) is 14.9. The van der Waals surface area contributed by atoms with Gasteiger partial charge in [0, 0.05) is 19.1 Å². The van der Waals surface area contributed by atoms with E-state index in [1.165, 1.54) is 7.05 Å². The average molecular weight is 610 g/mol. The van der Waals surface area contributed by atoms with E-state index in [4.69, 9.17) is 4.52 Å². The van der Waals surface area contributed by atoms with Gasteiger partial charge in [0.1, 0.15) is 12.3 Å². The lowest BCUT2D eigenvalue weighted by Crippen LogP contribution is -2.49. The van der Waals surface area contributed by atoms with Gasteiger partial charge in [-0.25, -0.2) is 0 Å². The Morgan fingerprint density at radius 1 is 0.814 bits per heavy atom. The summed E-state index contributed by atoms with van der Waals surface area (Å²) in [5, 5.41) is 5.45. The second-order valence-electron chi connectivity index (χ2n) is 11.7. The molecule has 0 spiro atoms. The molecular formula is C33H44N3O6P. The van der Waals surface area contributed by atoms with Crippen LogP contribution in [0.5, 0.6) is 0 Å². The summed E-state index contributed by atoms with van der Waals surface area (Å²) >= 11 is 0. The molecule has 43 heavy (non-hydrogen) atoms. The molecule has 10 heteroatoms. The molecule has 232 valence electrons. The van der Waals surface area contributed by atoms with E-state index in [-0.39, 0.29) is 41.7 Å². The zero-order valence-corrected chi connectivity index (χ0v) is 26.9. The molecule has 2 unspecified atom stereocenters. The minimum atomic E-state index is -3.75. The summed E-state index contributed by atoms with van der Waals surface area (Å²) in [6.07, 6.45) is 0.189. The van der Waals surface area contributed by atoms with Crippen molar-refractivity contribution in [2.24, 2.45) is 17.8 Å². The van der Waals surface area contributed by atoms with Crippen molar-refractivity contribution in [2.75, 3.05) is 26.1 Å². The molecule has 1 aliphatic heterocycles. The summed E-state index contributed by atoms with van der Waals surface area (Å²) in [7, 11) is -2.23. The van der Waals surface area contributed by atoms with Gasteiger partial charge in [-0.05, 0) is 42.7 Å². The number of amides is 4. The van der Waals surface area contributed by atoms with E-state index >= 15 is 0 Å². The molecule has 9 nitrogen and oxygen atoms in total. The minimum Gasteiger partial charge on any atom is -0.357 e. The van der Waals surface area contributed by atoms with Crippen molar-refractivity contribution in [2.45, 2.75) is 53.5 Å². The van der Waals surface area contributed by atoms with E-state index in [0.29, 0.717) is 24.0 Å². The Morgan fingerprint density at radius 2 is 1.30 bits per heavy atom. The Kier molecular flexibility index (Phi) is 12.0. The summed E-state index contributed by atoms with van der Waals surface area (Å²) in [6, 6.07) is 17.1. The summed E-state index contributed by atoms with van der Waals surface area (Å²) in [6.45, 7) is 9.58. The Bertz CT molecular complexity index is 1310. The molecule has 0 fully saturated rings. The summed E-state index contributed by atoms with van der Waals surface area (Å²) in [4.78, 5) is 54.9. The molecular weight excluding hydrogens is 565 g/mol. The van der Waals surface area contributed by atoms with Gasteiger partial charge in [-0.1, -0.05) is 88.4 Å². The van der Waals surface area contributed by atoms with Crippen LogP contribution in [0.2, 0.25) is 0 Å². The number of likely N-dealkylation sites (N-methyl/N-ethyl adjacent to an activating group) is 1. The van der Waals surface area contributed by atoms with Crippen molar-refractivity contribution >= 4 is 42.1 Å². The van der Waals surface area contributed by atoms with Crippen molar-refractivity contribution in [3.63, 3.8) is 0 Å². The minimum absolute atomic E-state index is 0.0699. The van der Waals surface area contributed by atoms with E-state index in [2.05, 4.69) is 10.6 Å². The predicted molar refractivity (Wildman–Crippen MR) is 169 cm³/mol. The van der Waals surface area contributed by atoms with Gasteiger partial charge in [0.25, 0.3) is 11.8 Å². The van der Waals surface area contributed by atoms with Gasteiger partial charge in [0.15, 0.2) is 0 Å². The van der Waals surface area contributed by atoms with Crippen LogP contribution in [-0.4, -0.2) is 60.7 Å². The maximum absolute atomic E-state index is 14.5. The Morgan fingerprint density at radius 3 is 1.72 bits per heavy atom. The fraction of sp³-hybridized carbons (Fsp3) is 0.455. The van der Waals surface area contributed by atoms with E-state index in [1.807, 2.05) is 39.8 Å². The van der Waals surface area contributed by atoms with E-state index in [0.717, 1.165) is 4.90 Å². The first-order chi connectivity index (χ1) is 20.4. The van der Waals surface area contributed by atoms with Crippen molar-refractivity contribution < 1.29 is 28.3 Å². The van der Waals surface area contributed by atoms with Crippen LogP contribution in [0.3, 0.4) is 0 Å². The second-order valence-corrected chi connectivity index (χ2v) is 14.2. The van der Waals surface area contributed by atoms with Crippen LogP contribution in [0.15, 0.2) is 60.7 Å². The van der Waals surface area contributed by atoms with Crippen LogP contribution in [0.4, 0.5) is 0 Å². The second kappa shape index (κ2) is 15.3. The van der Waals surface area contributed by atoms with Crippen molar-refractivity contribution in [3.05, 3.63) is 71.8 Å². The first kappa shape index (κ1) is 33.9. The highest BCUT2D eigenvalue weighted by molar-refractivity contribution is 7.59. The Labute approximate surface area is 254 Å². The molecule has 4 amide bonds. The lowest BCUT2D eigenvalue weighted by atomic mass is 9.96. The van der Waals surface area contributed by atoms with Gasteiger partial charge >= 0.3 is 0 Å². The molecule has 3 rings (SSSR count). The summed E-state index contributed by atoms with van der Waals surface area (Å²) in [5.41, 5.74) is 1.63. The third kappa shape index (κ3) is 8.74. The quantitative estimate of drug-likeness (QED) is 0.212. The highest BCUT2D eigenvalue weighted by Crippen LogP contribution is 2.52. The molecule has 2 aromatic rings. The maximum Gasteiger partial charge on any atom is 0.262 e. The number of rotatable bonds is 15. The van der Waals surface area contributed by atoms with Gasteiger partial charge in [-0.2, -0.15) is 0 Å². The van der Waals surface area contributed by atoms with Crippen LogP contribution < -0.4 is 10.6 Å². The van der Waals surface area contributed by atoms with Crippen LogP contribution in [-0.2, 0) is 28.3 Å². The van der Waals surface area contributed by atoms with Crippen LogP contribution in [0.25, 0.3) is 11.1 Å². The van der Waals surface area contributed by atoms with Crippen molar-refractivity contribution in [1.29, 1.82) is 0 Å². The number of carbonyl (C=O) groups excluding carboxylic acids is 4. The van der Waals surface area contributed by atoms with E-state index in [9.17, 15) is 23.7 Å². The standard InChI is InChI=1S/C33H44N3O6P/c1-7-42-43(41,20-26(18-22(2)3)30(37)35-27(19-23(4)5)31(38)34-6)21-36-32(39)28(24-14-10-8-11-15-24)29(33(36)40)25-16-12-9-13-17-25/h8-17,22-23,26-27H,7,18-21H2,1-6H3,(H,34,38)(H,35,37)/t26?,27-,43?/m0/s1. The highest BCUT2D eigenvalue weighted by Gasteiger charge is 2.44. The molecule has 3 atom stereocenters. The Balaban J connectivity index is 1.95. The van der Waals surface area contributed by atoms with Crippen LogP contribution in [0, 0.1) is 17.8 Å². The molecule has 1 heterocycles. The van der Waals surface area contributed by atoms with Gasteiger partial charge in [0.2, 0.25) is 19.2 Å². The van der Waals surface area contributed by atoms with Crippen molar-refractivity contribution in [1.82, 2.24) is 15.5 Å². The Hall–Kier alpha value is -3.55. The van der Waals surface area contributed by atoms with E-state index in [1.54, 1.807) is 55.5 Å². The molecule has 0 saturated heterocycles. The van der Waals surface area contributed by atoms with Crippen molar-refractivity contribution in [3.8, 4) is 0 Å². The number of imide groups is 1. The smallest absolute Gasteiger partial charge is 0.262 e. The van der Waals surface area contributed by atoms with Gasteiger partial charge in [0.05, 0.1) is 17.8 Å². The monoisotopic (exact) mass is 609 g/mol. The van der Waals surface area contributed by atoms with E-state index < -0.39 is 43.3 Å². The molecule has 1 aliphatic rings. The fourth-order valence-electron chi connectivity index (χ4n) is 5.39. The highest BCUT2D eigenvalue weighted by atomic mass is 31.2. The zero-order valence-electron chi connectivity index (χ0n) is 26.0. The normalized spacial score (nSPS) is 16.4. The maximum atomic E-state index is 14.5. The molecule has 0 radical (unpaired) electrons.